The van der Waals surface area contributed by atoms with Crippen LogP contribution in [0.2, 0.25) is 0 Å². The third-order valence-corrected chi connectivity index (χ3v) is 0.991. The lowest BCUT2D eigenvalue weighted by atomic mass is 10.4. The van der Waals surface area contributed by atoms with E-state index in [1.54, 1.807) is 22.9 Å². The van der Waals surface area contributed by atoms with E-state index in [0.29, 0.717) is 0 Å². The first-order valence-corrected chi connectivity index (χ1v) is 3.49. The average Bonchev–Trinajstić information content (AvgIpc) is 1.82. The Morgan fingerprint density at radius 1 is 1.67 bits per heavy atom. The Morgan fingerprint density at radius 2 is 2.22 bits per heavy atom. The Bertz CT molecular complexity index is 111. The highest BCUT2D eigenvalue weighted by molar-refractivity contribution is 14.1. The van der Waals surface area contributed by atoms with E-state index in [4.69, 9.17) is 5.41 Å². The monoisotopic (exact) mass is 240 g/mol. The van der Waals surface area contributed by atoms with E-state index < -0.39 is 0 Å². The maximum absolute atomic E-state index is 6.84. The molecule has 0 aliphatic carbocycles. The summed E-state index contributed by atoms with van der Waals surface area (Å²) < 4.78 is 3.50. The Morgan fingerprint density at radius 3 is 2.33 bits per heavy atom. The molecule has 0 aromatic rings. The topological polar surface area (TPSA) is 51.8 Å². The van der Waals surface area contributed by atoms with Crippen molar-refractivity contribution < 1.29 is 0 Å². The number of hydrogen-bond acceptors (Lipinski definition) is 3. The second kappa shape index (κ2) is 4.66. The molecule has 0 rings (SSSR count). The lowest BCUT2D eigenvalue weighted by molar-refractivity contribution is 0.361. The summed E-state index contributed by atoms with van der Waals surface area (Å²) in [5.41, 5.74) is 0. The van der Waals surface area contributed by atoms with Crippen LogP contribution < -0.4 is 0 Å². The van der Waals surface area contributed by atoms with E-state index in [0.717, 1.165) is 6.34 Å². The van der Waals surface area contributed by atoms with Crippen LogP contribution in [0.3, 0.4) is 0 Å². The number of nitrogens with one attached hydrogen (secondary N) is 1. The van der Waals surface area contributed by atoms with Crippen LogP contribution in [-0.2, 0) is 0 Å². The van der Waals surface area contributed by atoms with E-state index in [9.17, 15) is 0 Å². The molecule has 5 heteroatoms. The van der Waals surface area contributed by atoms with Gasteiger partial charge in [-0.1, -0.05) is 8.55 Å². The Hall–Kier alpha value is -0.200. The molecule has 0 saturated carbocycles. The van der Waals surface area contributed by atoms with Crippen molar-refractivity contribution in [2.45, 2.75) is 19.9 Å². The average molecular weight is 240 g/mol. The van der Waals surface area contributed by atoms with Gasteiger partial charge in [-0.2, -0.15) is 0 Å². The van der Waals surface area contributed by atoms with Crippen molar-refractivity contribution in [3.05, 3.63) is 0 Å². The van der Waals surface area contributed by atoms with Gasteiger partial charge in [0.05, 0.1) is 0 Å². The van der Waals surface area contributed by atoms with Crippen LogP contribution in [-0.4, -0.2) is 17.4 Å². The molecule has 0 unspecified atom stereocenters. The van der Waals surface area contributed by atoms with Gasteiger partial charge in [-0.05, 0) is 13.8 Å². The highest BCUT2D eigenvalue weighted by Gasteiger charge is 1.99. The fourth-order valence-electron chi connectivity index (χ4n) is 0.317. The first-order chi connectivity index (χ1) is 4.22. The molecule has 1 N–H and O–H groups in total. The number of halogens is 1. The molecule has 0 radical (unpaired) electrons. The van der Waals surface area contributed by atoms with Gasteiger partial charge in [0.15, 0.2) is 0 Å². The predicted octanol–water partition coefficient (Wildman–Crippen LogP) is 2.02. The largest absolute Gasteiger partial charge is 0.290 e. The molecule has 0 aromatic carbocycles. The summed E-state index contributed by atoms with van der Waals surface area (Å²) in [7, 11) is 0. The normalized spacial score (nSPS) is 10.7. The lowest BCUT2D eigenvalue weighted by Gasteiger charge is -2.13. The molecule has 0 aliphatic rings. The molecule has 0 amide bonds. The van der Waals surface area contributed by atoms with Crippen molar-refractivity contribution in [3.63, 3.8) is 0 Å². The van der Waals surface area contributed by atoms with Gasteiger partial charge in [0, 0.05) is 6.04 Å². The fraction of sp³-hybridized carbons (Fsp3) is 0.750. The summed E-state index contributed by atoms with van der Waals surface area (Å²) in [4.78, 5) is 0. The molecule has 0 aliphatic heterocycles. The molecule has 0 bridgehead atoms. The van der Waals surface area contributed by atoms with Crippen molar-refractivity contribution in [2.24, 2.45) is 8.55 Å². The Kier molecular flexibility index (Phi) is 4.55. The lowest BCUT2D eigenvalue weighted by Crippen LogP contribution is -2.22. The molecule has 0 aromatic heterocycles. The fourth-order valence-corrected chi connectivity index (χ4v) is 0.540. The minimum absolute atomic E-state index is 0.209. The van der Waals surface area contributed by atoms with E-state index in [2.05, 4.69) is 8.55 Å². The van der Waals surface area contributed by atoms with E-state index in [-0.39, 0.29) is 6.04 Å². The summed E-state index contributed by atoms with van der Waals surface area (Å²) in [6.07, 6.45) is 1.15. The molecule has 0 fully saturated rings. The van der Waals surface area contributed by atoms with E-state index >= 15 is 0 Å². The maximum Gasteiger partial charge on any atom is 0.113 e. The zero-order valence-electron chi connectivity index (χ0n) is 5.37. The Labute approximate surface area is 68.3 Å². The molecule has 52 valence electrons. The van der Waals surface area contributed by atoms with Crippen LogP contribution in [0.15, 0.2) is 8.55 Å². The van der Waals surface area contributed by atoms with Gasteiger partial charge in [-0.15, -0.1) is 0 Å². The van der Waals surface area contributed by atoms with Gasteiger partial charge in [0.25, 0.3) is 0 Å². The molecular formula is C4H9IN4. The zero-order valence-corrected chi connectivity index (χ0v) is 7.53. The summed E-state index contributed by atoms with van der Waals surface area (Å²) in [6.45, 7) is 3.88. The molecule has 0 spiro atoms. The molecule has 0 saturated heterocycles. The van der Waals surface area contributed by atoms with Crippen molar-refractivity contribution in [1.29, 1.82) is 5.41 Å². The molecule has 0 heterocycles. The smallest absolute Gasteiger partial charge is 0.113 e. The standard InChI is InChI=1S/C4H9IN4/c1-4(2)9(3-6)8-7-5/h3-4,6H,1-2H3/b6-3?,8-7-. The number of rotatable bonds is 3. The van der Waals surface area contributed by atoms with Crippen LogP contribution in [0, 0.1) is 5.41 Å². The second-order valence-corrected chi connectivity index (χ2v) is 2.20. The third-order valence-electron chi connectivity index (χ3n) is 0.798. The summed E-state index contributed by atoms with van der Waals surface area (Å²) in [6, 6.07) is 0.209. The van der Waals surface area contributed by atoms with Crippen LogP contribution >= 0.6 is 22.9 Å². The summed E-state index contributed by atoms with van der Waals surface area (Å²) >= 11 is 1.77. The van der Waals surface area contributed by atoms with Gasteiger partial charge >= 0.3 is 0 Å². The van der Waals surface area contributed by atoms with Crippen LogP contribution in [0.4, 0.5) is 0 Å². The second-order valence-electron chi connectivity index (χ2n) is 1.77. The van der Waals surface area contributed by atoms with Gasteiger partial charge in [-0.3, -0.25) is 5.41 Å². The molecular weight excluding hydrogens is 231 g/mol. The van der Waals surface area contributed by atoms with Crippen molar-refractivity contribution >= 4 is 29.2 Å². The summed E-state index contributed by atoms with van der Waals surface area (Å²) in [5, 5.41) is 11.9. The first-order valence-electron chi connectivity index (χ1n) is 2.53. The predicted molar refractivity (Wildman–Crippen MR) is 44.6 cm³/mol. The highest BCUT2D eigenvalue weighted by Crippen LogP contribution is 1.97. The van der Waals surface area contributed by atoms with Crippen LogP contribution in [0.5, 0.6) is 0 Å². The minimum atomic E-state index is 0.209. The molecule has 0 atom stereocenters. The van der Waals surface area contributed by atoms with E-state index in [1.807, 2.05) is 13.8 Å². The quantitative estimate of drug-likeness (QED) is 0.265. The van der Waals surface area contributed by atoms with Crippen LogP contribution in [0.1, 0.15) is 13.8 Å². The number of nitrogens with zero attached hydrogens (tertiary/aromatic N) is 3. The molecule has 9 heavy (non-hydrogen) atoms. The third kappa shape index (κ3) is 3.39. The highest BCUT2D eigenvalue weighted by atomic mass is 127. The zero-order chi connectivity index (χ0) is 7.28. The van der Waals surface area contributed by atoms with Crippen molar-refractivity contribution in [3.8, 4) is 0 Å². The molecule has 4 nitrogen and oxygen atoms in total. The van der Waals surface area contributed by atoms with Crippen molar-refractivity contribution in [2.75, 3.05) is 0 Å². The maximum atomic E-state index is 6.84. The van der Waals surface area contributed by atoms with Gasteiger partial charge < -0.3 is 0 Å². The minimum Gasteiger partial charge on any atom is -0.290 e. The van der Waals surface area contributed by atoms with E-state index in [1.165, 1.54) is 5.01 Å². The SMILES string of the molecule is CC(C)N(C=N)/N=N\I. The summed E-state index contributed by atoms with van der Waals surface area (Å²) in [5.74, 6) is 0. The Balaban J connectivity index is 3.82. The first kappa shape index (κ1) is 8.80. The van der Waals surface area contributed by atoms with Crippen LogP contribution in [0.25, 0.3) is 0 Å². The van der Waals surface area contributed by atoms with Gasteiger partial charge in [0.1, 0.15) is 29.2 Å². The van der Waals surface area contributed by atoms with Crippen molar-refractivity contribution in [1.82, 2.24) is 5.01 Å². The van der Waals surface area contributed by atoms with Gasteiger partial charge in [-0.25, -0.2) is 5.01 Å². The number of hydrogen-bond donors (Lipinski definition) is 1. The van der Waals surface area contributed by atoms with Gasteiger partial charge in [0.2, 0.25) is 0 Å².